The number of benzene rings is 1. The van der Waals surface area contributed by atoms with Gasteiger partial charge in [-0.05, 0) is 12.1 Å². The van der Waals surface area contributed by atoms with E-state index in [1.54, 1.807) is 0 Å². The minimum Gasteiger partial charge on any atom is -0.326 e. The van der Waals surface area contributed by atoms with Gasteiger partial charge >= 0.3 is 6.18 Å². The highest BCUT2D eigenvalue weighted by Crippen LogP contribution is 2.39. The number of amides is 1. The van der Waals surface area contributed by atoms with E-state index < -0.39 is 35.2 Å². The van der Waals surface area contributed by atoms with E-state index >= 15 is 0 Å². The maximum absolute atomic E-state index is 13.6. The number of nitrogens with two attached hydrogens (primary N) is 1. The fourth-order valence-electron chi connectivity index (χ4n) is 1.97. The monoisotopic (exact) mass is 262 g/mol. The van der Waals surface area contributed by atoms with Crippen molar-refractivity contribution in [3.8, 4) is 0 Å². The number of nitrogens with zero attached hydrogens (tertiary/aromatic N) is 1. The summed E-state index contributed by atoms with van der Waals surface area (Å²) in [6, 6.07) is 2.03. The van der Waals surface area contributed by atoms with E-state index in [1.165, 1.54) is 0 Å². The predicted molar refractivity (Wildman–Crippen MR) is 56.3 cm³/mol. The standard InChI is InChI=1S/C11H10F4N2O/c12-8-3-1-2-7(11(13,14)15)10(8)17-5-6(16)4-9(17)18/h1-3,6H,4-5,16H2. The fraction of sp³-hybridized carbons (Fsp3) is 0.364. The van der Waals surface area contributed by atoms with Gasteiger partial charge in [-0.15, -0.1) is 0 Å². The third-order valence-corrected chi connectivity index (χ3v) is 2.72. The van der Waals surface area contributed by atoms with E-state index in [0.717, 1.165) is 23.1 Å². The van der Waals surface area contributed by atoms with Crippen LogP contribution in [0, 0.1) is 5.82 Å². The molecule has 1 fully saturated rings. The molecule has 0 aromatic heterocycles. The predicted octanol–water partition coefficient (Wildman–Crippen LogP) is 1.91. The maximum atomic E-state index is 13.6. The van der Waals surface area contributed by atoms with E-state index in [2.05, 4.69) is 0 Å². The van der Waals surface area contributed by atoms with Gasteiger partial charge in [-0.25, -0.2) is 4.39 Å². The molecule has 0 aliphatic carbocycles. The van der Waals surface area contributed by atoms with E-state index in [1.807, 2.05) is 0 Å². The number of para-hydroxylation sites is 1. The molecule has 1 amide bonds. The van der Waals surface area contributed by atoms with Crippen molar-refractivity contribution in [1.82, 2.24) is 0 Å². The van der Waals surface area contributed by atoms with Gasteiger partial charge in [0.1, 0.15) is 5.82 Å². The lowest BCUT2D eigenvalue weighted by atomic mass is 10.1. The van der Waals surface area contributed by atoms with Crippen molar-refractivity contribution in [1.29, 1.82) is 0 Å². The number of anilines is 1. The second-order valence-electron chi connectivity index (χ2n) is 4.10. The molecule has 1 aliphatic heterocycles. The van der Waals surface area contributed by atoms with Crippen LogP contribution in [-0.4, -0.2) is 18.5 Å². The molecule has 0 spiro atoms. The van der Waals surface area contributed by atoms with Crippen molar-refractivity contribution in [3.63, 3.8) is 0 Å². The molecule has 2 rings (SSSR count). The lowest BCUT2D eigenvalue weighted by molar-refractivity contribution is -0.137. The molecule has 98 valence electrons. The van der Waals surface area contributed by atoms with Gasteiger partial charge < -0.3 is 10.6 Å². The number of hydrogen-bond acceptors (Lipinski definition) is 2. The highest BCUT2D eigenvalue weighted by molar-refractivity contribution is 5.97. The normalized spacial score (nSPS) is 20.6. The van der Waals surface area contributed by atoms with Crippen molar-refractivity contribution >= 4 is 11.6 Å². The summed E-state index contributed by atoms with van der Waals surface area (Å²) in [7, 11) is 0. The highest BCUT2D eigenvalue weighted by Gasteiger charge is 2.40. The molecule has 0 saturated carbocycles. The quantitative estimate of drug-likeness (QED) is 0.786. The summed E-state index contributed by atoms with van der Waals surface area (Å²) in [4.78, 5) is 12.3. The van der Waals surface area contributed by atoms with Gasteiger partial charge in [-0.3, -0.25) is 4.79 Å². The first kappa shape index (κ1) is 12.8. The molecule has 2 N–H and O–H groups in total. The Labute approximate surface area is 100 Å². The number of halogens is 4. The smallest absolute Gasteiger partial charge is 0.326 e. The average Bonchev–Trinajstić information content (AvgIpc) is 2.56. The lowest BCUT2D eigenvalue weighted by Crippen LogP contribution is -2.30. The molecule has 0 bridgehead atoms. The minimum absolute atomic E-state index is 0.0777. The van der Waals surface area contributed by atoms with Crippen molar-refractivity contribution < 1.29 is 22.4 Å². The third-order valence-electron chi connectivity index (χ3n) is 2.72. The second kappa shape index (κ2) is 4.24. The first-order valence-electron chi connectivity index (χ1n) is 5.22. The van der Waals surface area contributed by atoms with Crippen molar-refractivity contribution in [2.45, 2.75) is 18.6 Å². The Kier molecular flexibility index (Phi) is 3.02. The number of carbonyl (C=O) groups is 1. The van der Waals surface area contributed by atoms with Crippen LogP contribution in [0.3, 0.4) is 0 Å². The van der Waals surface area contributed by atoms with E-state index in [4.69, 9.17) is 5.73 Å². The zero-order valence-electron chi connectivity index (χ0n) is 9.17. The Bertz CT molecular complexity index is 486. The van der Waals surface area contributed by atoms with Crippen LogP contribution in [0.4, 0.5) is 23.2 Å². The summed E-state index contributed by atoms with van der Waals surface area (Å²) in [5.74, 6) is -1.68. The van der Waals surface area contributed by atoms with Crippen LogP contribution in [0.1, 0.15) is 12.0 Å². The number of carbonyl (C=O) groups excluding carboxylic acids is 1. The van der Waals surface area contributed by atoms with Crippen LogP contribution in [0.5, 0.6) is 0 Å². The van der Waals surface area contributed by atoms with Crippen LogP contribution in [-0.2, 0) is 11.0 Å². The number of rotatable bonds is 1. The van der Waals surface area contributed by atoms with Gasteiger partial charge in [0.15, 0.2) is 0 Å². The number of alkyl halides is 3. The van der Waals surface area contributed by atoms with Crippen molar-refractivity contribution in [2.24, 2.45) is 5.73 Å². The molecule has 1 aliphatic rings. The SMILES string of the molecule is NC1CC(=O)N(c2c(F)cccc2C(F)(F)F)C1. The van der Waals surface area contributed by atoms with Gasteiger partial charge in [-0.1, -0.05) is 6.07 Å². The van der Waals surface area contributed by atoms with Crippen LogP contribution in [0.2, 0.25) is 0 Å². The van der Waals surface area contributed by atoms with Crippen LogP contribution >= 0.6 is 0 Å². The molecule has 1 aromatic rings. The summed E-state index contributed by atoms with van der Waals surface area (Å²) in [5.41, 5.74) is 3.60. The second-order valence-corrected chi connectivity index (χ2v) is 4.10. The third kappa shape index (κ3) is 2.17. The van der Waals surface area contributed by atoms with Crippen molar-refractivity contribution in [2.75, 3.05) is 11.4 Å². The Hall–Kier alpha value is -1.63. The van der Waals surface area contributed by atoms with E-state index in [-0.39, 0.29) is 13.0 Å². The summed E-state index contributed by atoms with van der Waals surface area (Å²) in [5, 5.41) is 0. The zero-order chi connectivity index (χ0) is 13.5. The van der Waals surface area contributed by atoms with Gasteiger partial charge in [0.2, 0.25) is 5.91 Å². The molecule has 7 heteroatoms. The molecular weight excluding hydrogens is 252 g/mol. The highest BCUT2D eigenvalue weighted by atomic mass is 19.4. The molecule has 18 heavy (non-hydrogen) atoms. The van der Waals surface area contributed by atoms with E-state index in [9.17, 15) is 22.4 Å². The number of hydrogen-bond donors (Lipinski definition) is 1. The Balaban J connectivity index is 2.53. The summed E-state index contributed by atoms with van der Waals surface area (Å²) < 4.78 is 51.9. The van der Waals surface area contributed by atoms with Crippen LogP contribution in [0.15, 0.2) is 18.2 Å². The van der Waals surface area contributed by atoms with E-state index in [0.29, 0.717) is 0 Å². The lowest BCUT2D eigenvalue weighted by Gasteiger charge is -2.21. The molecule has 3 nitrogen and oxygen atoms in total. The molecule has 1 aromatic carbocycles. The van der Waals surface area contributed by atoms with Gasteiger partial charge in [0.05, 0.1) is 11.3 Å². The Morgan fingerprint density at radius 2 is 2.00 bits per heavy atom. The van der Waals surface area contributed by atoms with Crippen LogP contribution < -0.4 is 10.6 Å². The zero-order valence-corrected chi connectivity index (χ0v) is 9.17. The van der Waals surface area contributed by atoms with Gasteiger partial charge in [0.25, 0.3) is 0 Å². The molecule has 1 saturated heterocycles. The summed E-state index contributed by atoms with van der Waals surface area (Å²) in [6.45, 7) is -0.108. The van der Waals surface area contributed by atoms with Gasteiger partial charge in [-0.2, -0.15) is 13.2 Å². The molecule has 1 unspecified atom stereocenters. The van der Waals surface area contributed by atoms with Crippen molar-refractivity contribution in [3.05, 3.63) is 29.6 Å². The first-order chi connectivity index (χ1) is 8.30. The minimum atomic E-state index is -4.72. The molecule has 0 radical (unpaired) electrons. The first-order valence-corrected chi connectivity index (χ1v) is 5.22. The molecular formula is C11H10F4N2O. The topological polar surface area (TPSA) is 46.3 Å². The van der Waals surface area contributed by atoms with Gasteiger partial charge in [0, 0.05) is 19.0 Å². The maximum Gasteiger partial charge on any atom is 0.418 e. The summed E-state index contributed by atoms with van der Waals surface area (Å²) >= 11 is 0. The Morgan fingerprint density at radius 1 is 1.33 bits per heavy atom. The Morgan fingerprint density at radius 3 is 2.50 bits per heavy atom. The average molecular weight is 262 g/mol. The fourth-order valence-corrected chi connectivity index (χ4v) is 1.97. The molecule has 1 heterocycles. The van der Waals surface area contributed by atoms with Crippen LogP contribution in [0.25, 0.3) is 0 Å². The largest absolute Gasteiger partial charge is 0.418 e. The summed E-state index contributed by atoms with van der Waals surface area (Å²) in [6.07, 6.45) is -4.80. The molecule has 1 atom stereocenters.